The van der Waals surface area contributed by atoms with Crippen molar-refractivity contribution in [3.63, 3.8) is 0 Å². The molecule has 6 aliphatic rings. The van der Waals surface area contributed by atoms with Crippen molar-refractivity contribution in [2.45, 2.75) is 279 Å². The third-order valence-corrected chi connectivity index (χ3v) is 23.2. The molecule has 31 nitrogen and oxygen atoms in total. The minimum Gasteiger partial charge on any atom is -0.870 e. The van der Waals surface area contributed by atoms with Gasteiger partial charge in [0, 0.05) is 28.1 Å². The molecule has 0 aromatic carbocycles. The second-order valence-corrected chi connectivity index (χ2v) is 42.1. The van der Waals surface area contributed by atoms with Gasteiger partial charge in [-0.3, -0.25) is 28.8 Å². The van der Waals surface area contributed by atoms with Crippen molar-refractivity contribution in [3.8, 4) is 0 Å². The zero-order chi connectivity index (χ0) is 78.8. The Labute approximate surface area is 687 Å². The molecule has 105 heavy (non-hydrogen) atoms. The van der Waals surface area contributed by atoms with Gasteiger partial charge in [0.05, 0.1) is 35.5 Å². The maximum atomic E-state index is 12.1. The van der Waals surface area contributed by atoms with E-state index in [0.717, 1.165) is 4.81 Å². The van der Waals surface area contributed by atoms with Crippen LogP contribution in [0.4, 0.5) is 0 Å². The van der Waals surface area contributed by atoms with E-state index in [9.17, 15) is 88.0 Å². The van der Waals surface area contributed by atoms with E-state index in [0.29, 0.717) is 51.5 Å². The van der Waals surface area contributed by atoms with Crippen LogP contribution in [-0.4, -0.2) is 270 Å². The Morgan fingerprint density at radius 2 is 0.724 bits per heavy atom. The van der Waals surface area contributed by atoms with Gasteiger partial charge in [-0.1, -0.05) is 147 Å². The normalized spacial score (nSPS) is 24.5. The van der Waals surface area contributed by atoms with Crippen LogP contribution in [-0.2, 0) is 76.4 Å². The minimum atomic E-state index is -1.11. The molecule has 6 saturated heterocycles. The van der Waals surface area contributed by atoms with Crippen LogP contribution in [0.1, 0.15) is 164 Å². The maximum absolute atomic E-state index is 12.1. The van der Waals surface area contributed by atoms with Gasteiger partial charge in [0.1, 0.15) is 34.2 Å². The molecule has 0 saturated carbocycles. The molecule has 6 fully saturated rings. The molecule has 6 heterocycles. The maximum Gasteiger partial charge on any atom is 1.00 e. The van der Waals surface area contributed by atoms with Gasteiger partial charge in [-0.05, 0) is 119 Å². The smallest absolute Gasteiger partial charge is 0.870 e. The van der Waals surface area contributed by atoms with Crippen molar-refractivity contribution < 1.29 is 187 Å². The number of rotatable bonds is 14. The second-order valence-electron chi connectivity index (χ2n) is 32.5. The number of nitrogens with zero attached hydrogens (tertiary/aromatic N) is 7. The van der Waals surface area contributed by atoms with Crippen LogP contribution in [0.15, 0.2) is 0 Å². The second kappa shape index (κ2) is 43.6. The number of carbonyl (C=O) groups is 11. The summed E-state index contributed by atoms with van der Waals surface area (Å²) in [5, 5.41) is 66.3. The number of carboxylic acids is 1. The van der Waals surface area contributed by atoms with E-state index in [-0.39, 0.29) is 133 Å². The number of carboxylic acid groups (broad SMARTS) is 1. The Balaban J connectivity index is -0.000000213. The summed E-state index contributed by atoms with van der Waals surface area (Å²) < 4.78 is 28.1. The van der Waals surface area contributed by atoms with E-state index in [4.69, 9.17) is 18.9 Å². The molecule has 0 aromatic rings. The number of ether oxygens (including phenoxy) is 5. The fraction of sp³-hybridized carbons (Fsp3) is 0.828. The van der Waals surface area contributed by atoms with E-state index in [1.54, 1.807) is 94.7 Å². The molecule has 6 aliphatic heterocycles. The number of amides is 5. The largest absolute Gasteiger partial charge is 1.00 e. The molecule has 8 N–H and O–H groups in total. The summed E-state index contributed by atoms with van der Waals surface area (Å²) in [4.78, 5) is 136. The summed E-state index contributed by atoms with van der Waals surface area (Å²) in [7, 11) is -1.44. The molecule has 6 atom stereocenters. The average Bonchev–Trinajstić information content (AvgIpc) is 1.61. The zero-order valence-electron chi connectivity index (χ0n) is 67.5. The summed E-state index contributed by atoms with van der Waals surface area (Å²) in [6, 6.07) is -1.28. The number of hydrogen-bond donors (Lipinski definition) is 7. The average molecular weight is 1550 g/mol. The van der Waals surface area contributed by atoms with Crippen molar-refractivity contribution in [3.05, 3.63) is 4.65 Å². The summed E-state index contributed by atoms with van der Waals surface area (Å²) in [5.74, 6) is -4.38. The predicted molar refractivity (Wildman–Crippen MR) is 406 cm³/mol. The summed E-state index contributed by atoms with van der Waals surface area (Å²) in [5.41, 5.74) is -6.80. The van der Waals surface area contributed by atoms with E-state index < -0.39 is 150 Å². The van der Waals surface area contributed by atoms with Gasteiger partial charge in [-0.2, -0.15) is 0 Å². The molecule has 594 valence electrons. The van der Waals surface area contributed by atoms with Gasteiger partial charge in [0.25, 0.3) is 0 Å². The minimum absolute atomic E-state index is 0. The quantitative estimate of drug-likeness (QED) is 0.0652. The monoisotopic (exact) mass is 1550 g/mol. The predicted octanol–water partition coefficient (Wildman–Crippen LogP) is -0.541. The van der Waals surface area contributed by atoms with E-state index in [2.05, 4.69) is 48.8 Å². The molecular formula is C64H131B6KLiN7O24Si2. The fourth-order valence-electron chi connectivity index (χ4n) is 14.6. The number of methoxy groups -OCH3 is 5. The first-order valence-corrected chi connectivity index (χ1v) is 40.1. The zero-order valence-corrected chi connectivity index (χ0v) is 72.6. The number of carbonyl (C=O) groups excluding carboxylic acids is 10. The molecule has 41 heteroatoms. The van der Waals surface area contributed by atoms with Crippen molar-refractivity contribution in [1.82, 2.24) is 28.9 Å². The van der Waals surface area contributed by atoms with Crippen LogP contribution in [0.3, 0.4) is 0 Å². The Kier molecular flexibility index (Phi) is 47.8. The SMILES string of the molecule is C.C.C.CB(O)N1CC(C)(C)C[C@@]1(C)C(=O)O.COC(=O)[C@@H]1CC(C)(C)C(=O)N1B(C)O.COC(=O)[C@@H]1CCC(=O)N1B(C)O.COC(=O)[C@]1(C)CC(C)(C)C(=O)N1B(C)O.COC(=O)[C@]1(C)CC(C)(C)C(=O)N1B(C)O.COC(=O)[C@]1(C)CC(C)(C)C(=O)N1B(C)O.C[Si](C)(C)[N-][Si](C)(C)C.[K+].[Li+].[OH-]. The Morgan fingerprint density at radius 1 is 0.438 bits per heavy atom. The van der Waals surface area contributed by atoms with E-state index >= 15 is 0 Å². The van der Waals surface area contributed by atoms with Gasteiger partial charge in [-0.25, -0.2) is 24.0 Å². The van der Waals surface area contributed by atoms with Crippen LogP contribution in [0.25, 0.3) is 4.65 Å². The van der Waals surface area contributed by atoms with Crippen molar-refractivity contribution in [2.75, 3.05) is 42.1 Å². The third-order valence-electron chi connectivity index (χ3n) is 17.8. The van der Waals surface area contributed by atoms with Gasteiger partial charge >= 0.3 is 148 Å². The van der Waals surface area contributed by atoms with Crippen molar-refractivity contribution in [1.29, 1.82) is 0 Å². The molecule has 0 radical (unpaired) electrons. The molecule has 6 rings (SSSR count). The van der Waals surface area contributed by atoms with Gasteiger partial charge in [-0.15, -0.1) is 0 Å². The number of aliphatic carboxylic acids is 1. The summed E-state index contributed by atoms with van der Waals surface area (Å²) in [6.07, 6.45) is 2.70. The third kappa shape index (κ3) is 29.2. The van der Waals surface area contributed by atoms with Crippen molar-refractivity contribution in [2.24, 2.45) is 27.1 Å². The first-order chi connectivity index (χ1) is 44.3. The molecule has 0 unspecified atom stereocenters. The van der Waals surface area contributed by atoms with Crippen LogP contribution < -0.4 is 70.2 Å². The number of hydrogen-bond acceptors (Lipinski definition) is 24. The van der Waals surface area contributed by atoms with E-state index in [1.165, 1.54) is 88.9 Å². The van der Waals surface area contributed by atoms with Crippen LogP contribution in [0, 0.1) is 27.1 Å². The summed E-state index contributed by atoms with van der Waals surface area (Å²) >= 11 is 0. The van der Waals surface area contributed by atoms with Crippen molar-refractivity contribution >= 4 is 124 Å². The topological polar surface area (TPSA) is 439 Å². The van der Waals surface area contributed by atoms with Gasteiger partial charge in [0.15, 0.2) is 0 Å². The van der Waals surface area contributed by atoms with Gasteiger partial charge in [0.2, 0.25) is 29.5 Å². The Hall–Kier alpha value is -3.13. The molecule has 0 bridgehead atoms. The fourth-order valence-corrected chi connectivity index (χ4v) is 22.6. The van der Waals surface area contributed by atoms with Crippen LogP contribution >= 0.6 is 0 Å². The first kappa shape index (κ1) is 115. The molecular weight excluding hydrogens is 1420 g/mol. The van der Waals surface area contributed by atoms with Crippen LogP contribution in [0.2, 0.25) is 80.2 Å². The van der Waals surface area contributed by atoms with E-state index in [1.807, 2.05) is 13.8 Å². The van der Waals surface area contributed by atoms with Gasteiger partial charge < -0.3 is 97.9 Å². The first-order valence-electron chi connectivity index (χ1n) is 33.2. The molecule has 5 amide bonds. The summed E-state index contributed by atoms with van der Waals surface area (Å²) in [6.45, 7) is 48.0. The Morgan fingerprint density at radius 3 is 0.933 bits per heavy atom. The molecule has 0 spiro atoms. The molecule has 0 aromatic heterocycles. The van der Waals surface area contributed by atoms with Crippen LogP contribution in [0.5, 0.6) is 0 Å². The molecule has 0 aliphatic carbocycles. The standard InChI is InChI=1S/3C10H18BNO4.C9H16BNO4.C9H18BNO3.C7H12BNO4.C6H18NSi2.3CH4.K.Li.H2O/c3*1-9(2)6-10(3,8(14)16-5)12(7(9)13)11(4)15;1-9(2)5-6(7(12)15-4)11(8(9)13)10(3)14;1-8(2)5-9(3,7(12)13)11(6-8)10(4)14;1-8(12)9-5(7(11)13-2)3-4-6(9)10;1-8(2,3)7-9(4,5)6;;;;;;/h3*15H,6H2,1-5H3;6,14H,5H2,1-4H3;14H,5-6H2,1-4H3,(H,12,13);5,12H,3-4H2,1-2H3;1-6H3;3*1H4;;;1H2/q;;;;;;-1;;;;2*+1;/p-1/t3*10-;6-;9-;5-;;;;;;;/m000000......./s1. The Bertz CT molecular complexity index is 2760. The number of esters is 5.